The number of hydrogen-bond acceptors (Lipinski definition) is 4. The smallest absolute Gasteiger partial charge is 0.280 e. The third kappa shape index (κ3) is 9.50. The second kappa shape index (κ2) is 12.9. The topological polar surface area (TPSA) is 80.9 Å². The Bertz CT molecular complexity index is 375. The average molecular weight is 371 g/mol. The first kappa shape index (κ1) is 23.6. The molecular weight excluding hydrogens is 328 g/mol. The molecule has 4 heteroatoms. The molecular formula is C22H42O4. The lowest BCUT2D eigenvalue weighted by atomic mass is 9.88. The highest BCUT2D eigenvalue weighted by Crippen LogP contribution is 2.36. The van der Waals surface area contributed by atoms with Crippen molar-refractivity contribution in [2.24, 2.45) is 23.7 Å². The van der Waals surface area contributed by atoms with Crippen LogP contribution in [-0.4, -0.2) is 33.0 Å². The Hall–Kier alpha value is -0.420. The van der Waals surface area contributed by atoms with Gasteiger partial charge in [0.1, 0.15) is 0 Å². The van der Waals surface area contributed by atoms with Gasteiger partial charge in [0.2, 0.25) is 0 Å². The van der Waals surface area contributed by atoms with Crippen LogP contribution in [0.25, 0.3) is 0 Å². The van der Waals surface area contributed by atoms with E-state index < -0.39 is 18.5 Å². The molecule has 4 atom stereocenters. The van der Waals surface area contributed by atoms with Crippen LogP contribution in [-0.2, 0) is 0 Å². The molecule has 4 nitrogen and oxygen atoms in total. The van der Waals surface area contributed by atoms with E-state index in [4.69, 9.17) is 20.4 Å². The number of unbranched alkanes of at least 4 members (excludes halogenated alkanes) is 4. The zero-order valence-electron chi connectivity index (χ0n) is 16.9. The highest BCUT2D eigenvalue weighted by Gasteiger charge is 2.31. The van der Waals surface area contributed by atoms with Gasteiger partial charge in [-0.25, -0.2) is 0 Å². The summed E-state index contributed by atoms with van der Waals surface area (Å²) in [7, 11) is 0. The van der Waals surface area contributed by atoms with Gasteiger partial charge in [-0.3, -0.25) is 0 Å². The second-order valence-corrected chi connectivity index (χ2v) is 8.42. The fourth-order valence-corrected chi connectivity index (χ4v) is 4.20. The Morgan fingerprint density at radius 1 is 1.00 bits per heavy atom. The van der Waals surface area contributed by atoms with Crippen LogP contribution >= 0.6 is 0 Å². The minimum Gasteiger partial charge on any atom is -0.396 e. The van der Waals surface area contributed by atoms with Crippen molar-refractivity contribution >= 4 is 0 Å². The lowest BCUT2D eigenvalue weighted by Crippen LogP contribution is -2.39. The van der Waals surface area contributed by atoms with E-state index in [1.807, 2.05) is 0 Å². The summed E-state index contributed by atoms with van der Waals surface area (Å²) in [5.74, 6) is -1.43. The Balaban J connectivity index is 2.23. The molecule has 1 rings (SSSR count). The van der Waals surface area contributed by atoms with Gasteiger partial charge in [-0.1, -0.05) is 70.9 Å². The summed E-state index contributed by atoms with van der Waals surface area (Å²) in [5.41, 5.74) is 0. The van der Waals surface area contributed by atoms with E-state index in [9.17, 15) is 0 Å². The first-order chi connectivity index (χ1) is 12.4. The highest BCUT2D eigenvalue weighted by molar-refractivity contribution is 4.96. The van der Waals surface area contributed by atoms with Gasteiger partial charge in [-0.15, -0.1) is 0 Å². The summed E-state index contributed by atoms with van der Waals surface area (Å²) in [6.07, 6.45) is 18.8. The van der Waals surface area contributed by atoms with Crippen LogP contribution in [0.4, 0.5) is 0 Å². The van der Waals surface area contributed by atoms with Crippen LogP contribution in [0.2, 0.25) is 0 Å². The molecule has 4 N–H and O–H groups in total. The van der Waals surface area contributed by atoms with Gasteiger partial charge >= 0.3 is 0 Å². The van der Waals surface area contributed by atoms with Crippen LogP contribution < -0.4 is 0 Å². The van der Waals surface area contributed by atoms with Crippen LogP contribution in [0.5, 0.6) is 0 Å². The molecule has 0 aliphatic heterocycles. The molecule has 0 bridgehead atoms. The van der Waals surface area contributed by atoms with E-state index in [0.29, 0.717) is 12.3 Å². The molecule has 0 heterocycles. The predicted octanol–water partition coefficient (Wildman–Crippen LogP) is 4.37. The number of aliphatic hydroxyl groups excluding tert-OH is 1. The minimum absolute atomic E-state index is 0.407. The van der Waals surface area contributed by atoms with Gasteiger partial charge in [0, 0.05) is 0 Å². The molecule has 1 fully saturated rings. The number of rotatable bonds is 14. The predicted molar refractivity (Wildman–Crippen MR) is 106 cm³/mol. The molecule has 0 saturated heterocycles. The van der Waals surface area contributed by atoms with Crippen molar-refractivity contribution in [2.45, 2.75) is 96.9 Å². The highest BCUT2D eigenvalue weighted by atomic mass is 16.7. The summed E-state index contributed by atoms with van der Waals surface area (Å²) in [5, 5.41) is 36.6. The maximum absolute atomic E-state index is 9.16. The fraction of sp³-hybridized carbons (Fsp3) is 0.909. The summed E-state index contributed by atoms with van der Waals surface area (Å²) in [6, 6.07) is 0. The van der Waals surface area contributed by atoms with Crippen LogP contribution in [0.15, 0.2) is 12.2 Å². The molecule has 0 spiro atoms. The molecule has 0 aromatic carbocycles. The van der Waals surface area contributed by atoms with E-state index in [-0.39, 0.29) is 0 Å². The SMILES string of the molecule is CCCCCC(C)/C=C/[C@H]1CCC[C@@H]1CCCCCC(CO)C(O)(O)O. The van der Waals surface area contributed by atoms with Gasteiger partial charge in [0.15, 0.2) is 0 Å². The quantitative estimate of drug-likeness (QED) is 0.208. The van der Waals surface area contributed by atoms with Gasteiger partial charge < -0.3 is 20.4 Å². The molecule has 26 heavy (non-hydrogen) atoms. The van der Waals surface area contributed by atoms with Crippen LogP contribution in [0.3, 0.4) is 0 Å². The van der Waals surface area contributed by atoms with Crippen LogP contribution in [0.1, 0.15) is 90.9 Å². The zero-order valence-corrected chi connectivity index (χ0v) is 16.9. The Kier molecular flexibility index (Phi) is 11.7. The van der Waals surface area contributed by atoms with Crippen molar-refractivity contribution in [3.8, 4) is 0 Å². The van der Waals surface area contributed by atoms with Crippen molar-refractivity contribution in [1.82, 2.24) is 0 Å². The third-order valence-corrected chi connectivity index (χ3v) is 6.06. The lowest BCUT2D eigenvalue weighted by molar-refractivity contribution is -0.346. The molecule has 0 aromatic heterocycles. The molecule has 1 aliphatic rings. The summed E-state index contributed by atoms with van der Waals surface area (Å²) in [4.78, 5) is 0. The first-order valence-electron chi connectivity index (χ1n) is 10.8. The van der Waals surface area contributed by atoms with Gasteiger partial charge in [-0.2, -0.15) is 0 Å². The maximum Gasteiger partial charge on any atom is 0.280 e. The minimum atomic E-state index is -2.76. The Labute approximate surface area is 160 Å². The van der Waals surface area contributed by atoms with E-state index in [1.165, 1.54) is 51.4 Å². The van der Waals surface area contributed by atoms with Gasteiger partial charge in [0.05, 0.1) is 12.5 Å². The van der Waals surface area contributed by atoms with Crippen molar-refractivity contribution in [3.63, 3.8) is 0 Å². The number of aliphatic hydroxyl groups is 4. The summed E-state index contributed by atoms with van der Waals surface area (Å²) >= 11 is 0. The first-order valence-corrected chi connectivity index (χ1v) is 10.8. The normalized spacial score (nSPS) is 23.6. The number of hydrogen-bond donors (Lipinski definition) is 4. The zero-order chi connectivity index (χ0) is 19.4. The molecule has 154 valence electrons. The van der Waals surface area contributed by atoms with Crippen molar-refractivity contribution in [1.29, 1.82) is 0 Å². The Morgan fingerprint density at radius 2 is 1.73 bits per heavy atom. The average Bonchev–Trinajstić information content (AvgIpc) is 3.02. The lowest BCUT2D eigenvalue weighted by Gasteiger charge is -2.24. The van der Waals surface area contributed by atoms with E-state index >= 15 is 0 Å². The summed E-state index contributed by atoms with van der Waals surface area (Å²) < 4.78 is 0. The van der Waals surface area contributed by atoms with Crippen molar-refractivity contribution < 1.29 is 20.4 Å². The second-order valence-electron chi connectivity index (χ2n) is 8.42. The van der Waals surface area contributed by atoms with Gasteiger partial charge in [0.25, 0.3) is 5.97 Å². The maximum atomic E-state index is 9.16. The van der Waals surface area contributed by atoms with Crippen molar-refractivity contribution in [3.05, 3.63) is 12.2 Å². The Morgan fingerprint density at radius 3 is 2.38 bits per heavy atom. The largest absolute Gasteiger partial charge is 0.396 e. The molecule has 0 amide bonds. The molecule has 0 aromatic rings. The number of allylic oxidation sites excluding steroid dienone is 2. The monoisotopic (exact) mass is 370 g/mol. The van der Waals surface area contributed by atoms with Gasteiger partial charge in [-0.05, 0) is 49.9 Å². The van der Waals surface area contributed by atoms with Crippen LogP contribution in [0, 0.1) is 23.7 Å². The fourth-order valence-electron chi connectivity index (χ4n) is 4.20. The van der Waals surface area contributed by atoms with Crippen molar-refractivity contribution in [2.75, 3.05) is 6.61 Å². The summed E-state index contributed by atoms with van der Waals surface area (Å²) in [6.45, 7) is 4.17. The molecule has 1 saturated carbocycles. The molecule has 1 aliphatic carbocycles. The molecule has 2 unspecified atom stereocenters. The van der Waals surface area contributed by atoms with E-state index in [0.717, 1.165) is 31.1 Å². The van der Waals surface area contributed by atoms with E-state index in [1.54, 1.807) is 0 Å². The standard InChI is InChI=1S/C22H42O4/c1-3-4-6-10-18(2)15-16-20-13-9-12-19(20)11-7-5-8-14-21(17-23)22(24,25)26/h15-16,18-21,23-26H,3-14,17H2,1-2H3/b16-15+/t18?,19-,20+,21?/m0/s1. The molecule has 0 radical (unpaired) electrons. The third-order valence-electron chi connectivity index (χ3n) is 6.06. The van der Waals surface area contributed by atoms with E-state index in [2.05, 4.69) is 26.0 Å².